The number of hydrogen-bond acceptors (Lipinski definition) is 8. The van der Waals surface area contributed by atoms with E-state index in [4.69, 9.17) is 9.72 Å². The summed E-state index contributed by atoms with van der Waals surface area (Å²) in [4.78, 5) is 27.7. The number of aryl methyl sites for hydroxylation is 1. The first-order chi connectivity index (χ1) is 17.7. The summed E-state index contributed by atoms with van der Waals surface area (Å²) in [7, 11) is 1.51. The van der Waals surface area contributed by atoms with Gasteiger partial charge in [-0.25, -0.2) is 14.6 Å². The van der Waals surface area contributed by atoms with Gasteiger partial charge in [0.25, 0.3) is 5.56 Å². The average Bonchev–Trinajstić information content (AvgIpc) is 3.61. The molecule has 1 aliphatic heterocycles. The van der Waals surface area contributed by atoms with Crippen molar-refractivity contribution in [3.63, 3.8) is 0 Å². The van der Waals surface area contributed by atoms with Crippen molar-refractivity contribution in [3.05, 3.63) is 58.5 Å². The van der Waals surface area contributed by atoms with Crippen LogP contribution in [0, 0.1) is 0 Å². The minimum atomic E-state index is -4.57. The second kappa shape index (κ2) is 8.61. The lowest BCUT2D eigenvalue weighted by atomic mass is 10.1. The van der Waals surface area contributed by atoms with Gasteiger partial charge in [0, 0.05) is 37.1 Å². The third-order valence-corrected chi connectivity index (χ3v) is 6.58. The Morgan fingerprint density at radius 2 is 1.86 bits per heavy atom. The lowest BCUT2D eigenvalue weighted by Crippen LogP contribution is -2.43. The Kier molecular flexibility index (Phi) is 5.48. The first kappa shape index (κ1) is 23.5. The smallest absolute Gasteiger partial charge is 0.367 e. The molecule has 0 amide bonds. The molecule has 1 saturated carbocycles. The molecule has 192 valence electrons. The summed E-state index contributed by atoms with van der Waals surface area (Å²) in [5.41, 5.74) is 0.210. The number of nitrogens with zero attached hydrogens (tertiary/aromatic N) is 8. The highest BCUT2D eigenvalue weighted by atomic mass is 19.4. The van der Waals surface area contributed by atoms with E-state index >= 15 is 0 Å². The lowest BCUT2D eigenvalue weighted by Gasteiger charge is -2.36. The van der Waals surface area contributed by atoms with Crippen LogP contribution < -0.4 is 10.5 Å². The van der Waals surface area contributed by atoms with Crippen molar-refractivity contribution in [2.45, 2.75) is 44.2 Å². The molecule has 1 saturated heterocycles. The highest BCUT2D eigenvalue weighted by molar-refractivity contribution is 5.91. The Labute approximate surface area is 208 Å². The largest absolute Gasteiger partial charge is 0.433 e. The molecular formula is C24H23F3N8O2. The van der Waals surface area contributed by atoms with Crippen LogP contribution in [0.3, 0.4) is 0 Å². The summed E-state index contributed by atoms with van der Waals surface area (Å²) in [5.74, 6) is 0.278. The highest BCUT2D eigenvalue weighted by Crippen LogP contribution is 2.36. The van der Waals surface area contributed by atoms with Gasteiger partial charge in [-0.2, -0.15) is 23.4 Å². The van der Waals surface area contributed by atoms with Crippen LogP contribution in [0.2, 0.25) is 0 Å². The molecule has 4 aromatic heterocycles. The molecule has 0 N–H and O–H groups in total. The Balaban J connectivity index is 1.42. The van der Waals surface area contributed by atoms with Crippen LogP contribution in [0.25, 0.3) is 22.2 Å². The highest BCUT2D eigenvalue weighted by Gasteiger charge is 2.33. The van der Waals surface area contributed by atoms with Gasteiger partial charge in [-0.15, -0.1) is 0 Å². The van der Waals surface area contributed by atoms with E-state index in [1.54, 1.807) is 6.20 Å². The van der Waals surface area contributed by atoms with E-state index in [1.165, 1.54) is 19.3 Å². The monoisotopic (exact) mass is 512 g/mol. The Hall–Kier alpha value is -3.87. The van der Waals surface area contributed by atoms with Gasteiger partial charge < -0.3 is 9.64 Å². The van der Waals surface area contributed by atoms with Gasteiger partial charge >= 0.3 is 6.18 Å². The van der Waals surface area contributed by atoms with Gasteiger partial charge in [0.1, 0.15) is 17.3 Å². The van der Waals surface area contributed by atoms with E-state index in [-0.39, 0.29) is 29.4 Å². The quantitative estimate of drug-likeness (QED) is 0.410. The Bertz CT molecular complexity index is 1530. The lowest BCUT2D eigenvalue weighted by molar-refractivity contribution is -0.141. The van der Waals surface area contributed by atoms with E-state index in [1.807, 2.05) is 22.7 Å². The van der Waals surface area contributed by atoms with Gasteiger partial charge in [0.05, 0.1) is 42.2 Å². The van der Waals surface area contributed by atoms with Crippen molar-refractivity contribution in [2.75, 3.05) is 18.0 Å². The normalized spacial score (nSPS) is 20.5. The first-order valence-electron chi connectivity index (χ1n) is 11.9. The Morgan fingerprint density at radius 3 is 2.57 bits per heavy atom. The second-order valence-corrected chi connectivity index (χ2v) is 9.46. The molecule has 2 aliphatic rings. The summed E-state index contributed by atoms with van der Waals surface area (Å²) in [6, 6.07) is 2.62. The molecule has 13 heteroatoms. The molecule has 6 rings (SSSR count). The number of pyridine rings is 1. The van der Waals surface area contributed by atoms with E-state index in [0.717, 1.165) is 35.4 Å². The number of morpholine rings is 1. The van der Waals surface area contributed by atoms with Crippen LogP contribution >= 0.6 is 0 Å². The molecule has 4 aromatic rings. The predicted octanol–water partition coefficient (Wildman–Crippen LogP) is 3.30. The zero-order chi connectivity index (χ0) is 25.9. The zero-order valence-corrected chi connectivity index (χ0v) is 20.1. The minimum absolute atomic E-state index is 0.120. The van der Waals surface area contributed by atoms with Gasteiger partial charge in [0.2, 0.25) is 5.95 Å². The molecule has 5 heterocycles. The van der Waals surface area contributed by atoms with Gasteiger partial charge in [-0.1, -0.05) is 0 Å². The van der Waals surface area contributed by atoms with Crippen molar-refractivity contribution < 1.29 is 17.9 Å². The van der Waals surface area contributed by atoms with Crippen molar-refractivity contribution in [1.82, 2.24) is 34.5 Å². The molecule has 2 atom stereocenters. The van der Waals surface area contributed by atoms with Crippen LogP contribution in [0.4, 0.5) is 19.1 Å². The number of anilines is 1. The molecule has 0 unspecified atom stereocenters. The fourth-order valence-electron chi connectivity index (χ4n) is 4.51. The number of alkyl halides is 3. The topological polar surface area (TPSA) is 104 Å². The van der Waals surface area contributed by atoms with Gasteiger partial charge in [-0.3, -0.25) is 14.5 Å². The van der Waals surface area contributed by atoms with Gasteiger partial charge in [0.15, 0.2) is 0 Å². The molecule has 2 fully saturated rings. The molecule has 10 nitrogen and oxygen atoms in total. The standard InChI is InChI=1S/C24H23F3N8O2/c1-13-10-34(12-18(37-13)15-8-30-35(11-15)16-4-5-16)23-31-20(14-3-6-19(28-7-14)24(25,26)27)17-9-29-33(2)22(36)21(17)32-23/h3,6-9,11,13,16,18H,4-5,10,12H2,1-2H3/t13-,18-/m0/s1. The average molecular weight is 512 g/mol. The van der Waals surface area contributed by atoms with Crippen molar-refractivity contribution in [1.29, 1.82) is 0 Å². The van der Waals surface area contributed by atoms with E-state index in [9.17, 15) is 18.0 Å². The predicted molar refractivity (Wildman–Crippen MR) is 127 cm³/mol. The summed E-state index contributed by atoms with van der Waals surface area (Å²) >= 11 is 0. The van der Waals surface area contributed by atoms with E-state index in [0.29, 0.717) is 30.1 Å². The van der Waals surface area contributed by atoms with Crippen LogP contribution in [0.5, 0.6) is 0 Å². The second-order valence-electron chi connectivity index (χ2n) is 9.46. The first-order valence-corrected chi connectivity index (χ1v) is 11.9. The van der Waals surface area contributed by atoms with Crippen molar-refractivity contribution in [3.8, 4) is 11.3 Å². The molecule has 0 bridgehead atoms. The summed E-state index contributed by atoms with van der Waals surface area (Å²) in [5, 5.41) is 8.85. The maximum Gasteiger partial charge on any atom is 0.433 e. The maximum absolute atomic E-state index is 13.1. The summed E-state index contributed by atoms with van der Waals surface area (Å²) in [6.45, 7) is 2.83. The fraction of sp³-hybridized carbons (Fsp3) is 0.417. The number of aromatic nitrogens is 7. The zero-order valence-electron chi connectivity index (χ0n) is 20.1. The van der Waals surface area contributed by atoms with Crippen LogP contribution in [-0.4, -0.2) is 53.7 Å². The Morgan fingerprint density at radius 1 is 1.05 bits per heavy atom. The van der Waals surface area contributed by atoms with Crippen LogP contribution in [-0.2, 0) is 18.0 Å². The SMILES string of the molecule is C[C@H]1CN(c2nc(-c3ccc(C(F)(F)F)nc3)c3cnn(C)c(=O)c3n2)C[C@@H](c2cnn(C3CC3)c2)O1. The number of ether oxygens (including phenoxy) is 1. The fourth-order valence-corrected chi connectivity index (χ4v) is 4.51. The maximum atomic E-state index is 13.1. The minimum Gasteiger partial charge on any atom is -0.367 e. The summed E-state index contributed by atoms with van der Waals surface area (Å²) in [6.07, 6.45) is 3.55. The number of hydrogen-bond donors (Lipinski definition) is 0. The molecule has 0 radical (unpaired) electrons. The van der Waals surface area contributed by atoms with Crippen LogP contribution in [0.15, 0.2) is 41.7 Å². The molecule has 0 spiro atoms. The summed E-state index contributed by atoms with van der Waals surface area (Å²) < 4.78 is 48.5. The number of rotatable bonds is 4. The number of halogens is 3. The molecule has 37 heavy (non-hydrogen) atoms. The van der Waals surface area contributed by atoms with Crippen molar-refractivity contribution >= 4 is 16.9 Å². The van der Waals surface area contributed by atoms with Gasteiger partial charge in [-0.05, 0) is 31.9 Å². The van der Waals surface area contributed by atoms with Crippen molar-refractivity contribution in [2.24, 2.45) is 7.05 Å². The van der Waals surface area contributed by atoms with E-state index < -0.39 is 17.4 Å². The third-order valence-electron chi connectivity index (χ3n) is 6.58. The third kappa shape index (κ3) is 4.43. The number of fused-ring (bicyclic) bond motifs is 1. The molecule has 1 aliphatic carbocycles. The molecular weight excluding hydrogens is 489 g/mol. The van der Waals surface area contributed by atoms with Crippen LogP contribution in [0.1, 0.15) is 43.2 Å². The van der Waals surface area contributed by atoms with E-state index in [2.05, 4.69) is 20.2 Å². The molecule has 0 aromatic carbocycles.